The number of aromatic amines is 1. The summed E-state index contributed by atoms with van der Waals surface area (Å²) in [6.07, 6.45) is 6.65. The fourth-order valence-corrected chi connectivity index (χ4v) is 2.89. The summed E-state index contributed by atoms with van der Waals surface area (Å²) < 4.78 is 2.10. The van der Waals surface area contributed by atoms with Gasteiger partial charge in [0.25, 0.3) is 0 Å². The van der Waals surface area contributed by atoms with Gasteiger partial charge < -0.3 is 5.11 Å². The number of nitrogens with zero attached hydrogens (tertiary/aromatic N) is 3. The highest BCUT2D eigenvalue weighted by Crippen LogP contribution is 2.28. The number of aromatic nitrogens is 3. The number of hydrogen-bond acceptors (Lipinski definition) is 5. The van der Waals surface area contributed by atoms with Crippen LogP contribution in [0.15, 0.2) is 59.5 Å². The van der Waals surface area contributed by atoms with Crippen LogP contribution in [0.4, 0.5) is 0 Å². The second kappa shape index (κ2) is 6.94. The minimum atomic E-state index is -0.688. The highest BCUT2D eigenvalue weighted by Gasteiger charge is 2.17. The van der Waals surface area contributed by atoms with Gasteiger partial charge in [0.1, 0.15) is 6.04 Å². The minimum absolute atomic E-state index is 0.0369. The quantitative estimate of drug-likeness (QED) is 0.623. The van der Waals surface area contributed by atoms with Crippen molar-refractivity contribution in [3.05, 3.63) is 74.9 Å². The van der Waals surface area contributed by atoms with Gasteiger partial charge in [-0.15, -0.1) is 4.91 Å². The lowest BCUT2D eigenvalue weighted by Crippen LogP contribution is -2.05. The summed E-state index contributed by atoms with van der Waals surface area (Å²) in [5.41, 5.74) is 1.41. The third-order valence-electron chi connectivity index (χ3n) is 3.52. The summed E-state index contributed by atoms with van der Waals surface area (Å²) in [4.78, 5) is 10.7. The van der Waals surface area contributed by atoms with Crippen LogP contribution in [0.1, 0.15) is 12.2 Å². The Morgan fingerprint density at radius 3 is 2.96 bits per heavy atom. The molecule has 1 aliphatic carbocycles. The second-order valence-corrected chi connectivity index (χ2v) is 5.94. The smallest absolute Gasteiger partial charge is 0.200 e. The van der Waals surface area contributed by atoms with Gasteiger partial charge in [-0.2, -0.15) is 5.10 Å². The van der Waals surface area contributed by atoms with E-state index in [0.29, 0.717) is 21.3 Å². The van der Waals surface area contributed by atoms with Crippen LogP contribution < -0.4 is 0 Å². The maximum Gasteiger partial charge on any atom is 0.200 e. The molecular formula is C16H13ClN4O2S. The van der Waals surface area contributed by atoms with Crippen LogP contribution in [0.25, 0.3) is 11.3 Å². The third-order valence-corrected chi connectivity index (χ3v) is 4.11. The van der Waals surface area contributed by atoms with Crippen molar-refractivity contribution in [3.8, 4) is 5.69 Å². The largest absolute Gasteiger partial charge is 0.512 e. The number of hydrogen-bond donors (Lipinski definition) is 2. The van der Waals surface area contributed by atoms with E-state index in [-0.39, 0.29) is 12.2 Å². The first kappa shape index (κ1) is 16.4. The Kier molecular flexibility index (Phi) is 4.73. The predicted molar refractivity (Wildman–Crippen MR) is 95.8 cm³/mol. The predicted octanol–water partition coefficient (Wildman–Crippen LogP) is 4.50. The number of nitrogens with one attached hydrogen (secondary N) is 1. The van der Waals surface area contributed by atoms with Crippen molar-refractivity contribution in [2.45, 2.75) is 12.5 Å². The molecule has 0 spiro atoms. The first-order valence-corrected chi connectivity index (χ1v) is 7.91. The van der Waals surface area contributed by atoms with Crippen molar-refractivity contribution >= 4 is 29.4 Å². The highest BCUT2D eigenvalue weighted by molar-refractivity contribution is 7.71. The molecule has 0 bridgehead atoms. The molecule has 2 aromatic rings. The molecule has 0 saturated heterocycles. The lowest BCUT2D eigenvalue weighted by molar-refractivity contribution is 0.399. The van der Waals surface area contributed by atoms with Gasteiger partial charge in [-0.25, -0.2) is 0 Å². The number of rotatable bonds is 3. The van der Waals surface area contributed by atoms with Gasteiger partial charge in [0, 0.05) is 12.0 Å². The number of aliphatic hydroxyl groups excluding tert-OH is 1. The van der Waals surface area contributed by atoms with Gasteiger partial charge >= 0.3 is 0 Å². The standard InChI is InChI=1S/C16H13ClN4O2S/c17-13-6-1-2-7-14(13)21-15(18-19-16(21)24)10-4-3-5-11(20-23)9-12(22)8-10/h1-7,9,11,22H,8H2,(H,19,24)/b5-3?,10-4+,12-9+. The van der Waals surface area contributed by atoms with Gasteiger partial charge in [0.05, 0.1) is 16.5 Å². The summed E-state index contributed by atoms with van der Waals surface area (Å²) in [7, 11) is 0. The summed E-state index contributed by atoms with van der Waals surface area (Å²) >= 11 is 11.6. The first-order valence-electron chi connectivity index (χ1n) is 7.12. The average molecular weight is 361 g/mol. The van der Waals surface area contributed by atoms with Crippen molar-refractivity contribution in [1.82, 2.24) is 14.8 Å². The fourth-order valence-electron chi connectivity index (χ4n) is 2.44. The number of halogens is 1. The van der Waals surface area contributed by atoms with Gasteiger partial charge in [-0.05, 0) is 30.4 Å². The molecule has 0 saturated carbocycles. The van der Waals surface area contributed by atoms with Crippen molar-refractivity contribution < 1.29 is 5.11 Å². The SMILES string of the molecule is O=NC1C=C/C=C(/c2n[nH]c(=S)n2-c2ccccc2Cl)C/C(O)=C\1. The average Bonchev–Trinajstić information content (AvgIpc) is 2.92. The molecule has 1 aliphatic rings. The number of aliphatic hydroxyl groups is 1. The van der Waals surface area contributed by atoms with E-state index >= 15 is 0 Å². The molecule has 6 nitrogen and oxygen atoms in total. The molecular weight excluding hydrogens is 348 g/mol. The minimum Gasteiger partial charge on any atom is -0.512 e. The zero-order valence-corrected chi connectivity index (χ0v) is 14.0. The molecule has 1 unspecified atom stereocenters. The molecule has 122 valence electrons. The zero-order valence-electron chi connectivity index (χ0n) is 12.4. The molecule has 1 aromatic carbocycles. The Labute approximate surface area is 147 Å². The Hall–Kier alpha value is -2.51. The van der Waals surface area contributed by atoms with Crippen LogP contribution >= 0.6 is 23.8 Å². The number of benzene rings is 1. The van der Waals surface area contributed by atoms with Crippen LogP contribution in [0.2, 0.25) is 5.02 Å². The number of H-pyrrole nitrogens is 1. The molecule has 1 heterocycles. The lowest BCUT2D eigenvalue weighted by Gasteiger charge is -2.12. The van der Waals surface area contributed by atoms with E-state index in [4.69, 9.17) is 23.8 Å². The molecule has 2 N–H and O–H groups in total. The van der Waals surface area contributed by atoms with E-state index in [9.17, 15) is 10.0 Å². The van der Waals surface area contributed by atoms with Gasteiger partial charge in [-0.3, -0.25) is 9.67 Å². The molecule has 3 rings (SSSR count). The summed E-state index contributed by atoms with van der Waals surface area (Å²) in [6.45, 7) is 0. The molecule has 0 amide bonds. The normalized spacial score (nSPS) is 22.0. The van der Waals surface area contributed by atoms with Crippen molar-refractivity contribution in [2.24, 2.45) is 5.18 Å². The molecule has 0 fully saturated rings. The second-order valence-electron chi connectivity index (χ2n) is 5.15. The van der Waals surface area contributed by atoms with Crippen LogP contribution in [0.3, 0.4) is 0 Å². The number of allylic oxidation sites excluding steroid dienone is 3. The summed E-state index contributed by atoms with van der Waals surface area (Å²) in [5, 5.41) is 20.5. The topological polar surface area (TPSA) is 83.3 Å². The molecule has 8 heteroatoms. The zero-order chi connectivity index (χ0) is 17.1. The maximum atomic E-state index is 10.7. The Balaban J connectivity index is 2.12. The van der Waals surface area contributed by atoms with Crippen LogP contribution in [-0.2, 0) is 0 Å². The fraction of sp³-hybridized carbons (Fsp3) is 0.125. The van der Waals surface area contributed by atoms with Crippen molar-refractivity contribution in [3.63, 3.8) is 0 Å². The molecule has 0 radical (unpaired) electrons. The molecule has 1 atom stereocenters. The van der Waals surface area contributed by atoms with Gasteiger partial charge in [-0.1, -0.05) is 47.1 Å². The number of para-hydroxylation sites is 1. The first-order chi connectivity index (χ1) is 11.6. The molecule has 0 aliphatic heterocycles. The van der Waals surface area contributed by atoms with E-state index in [1.165, 1.54) is 6.08 Å². The summed E-state index contributed by atoms with van der Waals surface area (Å²) in [6, 6.07) is 6.59. The number of nitroso groups, excluding NO2 is 1. The molecule has 1 aromatic heterocycles. The van der Waals surface area contributed by atoms with E-state index in [1.54, 1.807) is 28.9 Å². The lowest BCUT2D eigenvalue weighted by atomic mass is 10.1. The van der Waals surface area contributed by atoms with E-state index in [1.807, 2.05) is 18.2 Å². The third kappa shape index (κ3) is 3.22. The van der Waals surface area contributed by atoms with Crippen molar-refractivity contribution in [2.75, 3.05) is 0 Å². The van der Waals surface area contributed by atoms with Crippen LogP contribution in [-0.4, -0.2) is 25.9 Å². The van der Waals surface area contributed by atoms with E-state index in [2.05, 4.69) is 15.4 Å². The Morgan fingerprint density at radius 1 is 1.42 bits per heavy atom. The van der Waals surface area contributed by atoms with Crippen molar-refractivity contribution in [1.29, 1.82) is 0 Å². The monoisotopic (exact) mass is 360 g/mol. The maximum absolute atomic E-state index is 10.7. The van der Waals surface area contributed by atoms with Crippen LogP contribution in [0, 0.1) is 9.68 Å². The summed E-state index contributed by atoms with van der Waals surface area (Å²) in [5.74, 6) is 0.574. The molecule has 24 heavy (non-hydrogen) atoms. The van der Waals surface area contributed by atoms with E-state index < -0.39 is 6.04 Å². The van der Waals surface area contributed by atoms with E-state index in [0.717, 1.165) is 5.57 Å². The van der Waals surface area contributed by atoms with Crippen LogP contribution in [0.5, 0.6) is 0 Å². The highest BCUT2D eigenvalue weighted by atomic mass is 35.5. The van der Waals surface area contributed by atoms with Gasteiger partial charge in [0.2, 0.25) is 0 Å². The van der Waals surface area contributed by atoms with Gasteiger partial charge in [0.15, 0.2) is 10.6 Å². The Bertz CT molecular complexity index is 926. The Morgan fingerprint density at radius 2 is 2.21 bits per heavy atom.